The standard InChI is InChI=1S/C21H26N2O3/c1-25-19-10-12-23(15-21(19)11-5-13-26-21)14-20(24)22-18-9-4-7-16-6-2-3-8-17(16)18/h2-4,6-9,19H,5,10-15H2,1H3,(H,22,24). The van der Waals surface area contributed by atoms with Crippen molar-refractivity contribution in [3.05, 3.63) is 42.5 Å². The molecule has 2 aliphatic rings. The van der Waals surface area contributed by atoms with E-state index < -0.39 is 0 Å². The molecule has 2 aromatic carbocycles. The number of nitrogens with zero attached hydrogens (tertiary/aromatic N) is 1. The summed E-state index contributed by atoms with van der Waals surface area (Å²) in [6, 6.07) is 14.1. The Morgan fingerprint density at radius 2 is 2.15 bits per heavy atom. The average molecular weight is 354 g/mol. The summed E-state index contributed by atoms with van der Waals surface area (Å²) >= 11 is 0. The second-order valence-corrected chi connectivity index (χ2v) is 7.32. The van der Waals surface area contributed by atoms with Gasteiger partial charge in [0.25, 0.3) is 0 Å². The smallest absolute Gasteiger partial charge is 0.238 e. The van der Waals surface area contributed by atoms with Gasteiger partial charge in [-0.1, -0.05) is 36.4 Å². The monoisotopic (exact) mass is 354 g/mol. The molecule has 4 rings (SSSR count). The Morgan fingerprint density at radius 3 is 2.96 bits per heavy atom. The Labute approximate surface area is 154 Å². The molecule has 5 nitrogen and oxygen atoms in total. The molecule has 2 heterocycles. The molecule has 0 aliphatic carbocycles. The fraction of sp³-hybridized carbons (Fsp3) is 0.476. The Balaban J connectivity index is 1.43. The number of piperidine rings is 1. The van der Waals surface area contributed by atoms with Crippen LogP contribution in [0.15, 0.2) is 42.5 Å². The quantitative estimate of drug-likeness (QED) is 0.917. The number of fused-ring (bicyclic) bond motifs is 1. The van der Waals surface area contributed by atoms with Gasteiger partial charge in [0.2, 0.25) is 5.91 Å². The van der Waals surface area contributed by atoms with Gasteiger partial charge in [-0.3, -0.25) is 9.69 Å². The molecule has 1 amide bonds. The van der Waals surface area contributed by atoms with Gasteiger partial charge < -0.3 is 14.8 Å². The summed E-state index contributed by atoms with van der Waals surface area (Å²) in [5.74, 6) is 0.0189. The number of rotatable bonds is 4. The minimum atomic E-state index is -0.243. The molecule has 5 heteroatoms. The first-order chi connectivity index (χ1) is 12.7. The predicted octanol–water partition coefficient (Wildman–Crippen LogP) is 3.05. The van der Waals surface area contributed by atoms with Gasteiger partial charge in [0.05, 0.1) is 12.6 Å². The molecule has 0 radical (unpaired) electrons. The van der Waals surface area contributed by atoms with Crippen molar-refractivity contribution in [3.8, 4) is 0 Å². The molecule has 2 unspecified atom stereocenters. The molecule has 2 fully saturated rings. The van der Waals surface area contributed by atoms with Crippen LogP contribution in [0.1, 0.15) is 19.3 Å². The van der Waals surface area contributed by atoms with E-state index in [1.807, 2.05) is 30.3 Å². The summed E-state index contributed by atoms with van der Waals surface area (Å²) in [4.78, 5) is 14.8. The lowest BCUT2D eigenvalue weighted by Crippen LogP contribution is -2.58. The third-order valence-electron chi connectivity index (χ3n) is 5.63. The van der Waals surface area contributed by atoms with E-state index in [4.69, 9.17) is 9.47 Å². The molecule has 2 saturated heterocycles. The van der Waals surface area contributed by atoms with Crippen LogP contribution in [0, 0.1) is 0 Å². The molecular formula is C21H26N2O3. The Bertz CT molecular complexity index is 780. The van der Waals surface area contributed by atoms with Crippen molar-refractivity contribution in [2.75, 3.05) is 38.7 Å². The number of hydrogen-bond acceptors (Lipinski definition) is 4. The lowest BCUT2D eigenvalue weighted by molar-refractivity contribution is -0.146. The first-order valence-electron chi connectivity index (χ1n) is 9.37. The highest BCUT2D eigenvalue weighted by atomic mass is 16.5. The van der Waals surface area contributed by atoms with Gasteiger partial charge >= 0.3 is 0 Å². The minimum absolute atomic E-state index is 0.0189. The molecule has 2 atom stereocenters. The van der Waals surface area contributed by atoms with Gasteiger partial charge in [0.15, 0.2) is 0 Å². The Morgan fingerprint density at radius 1 is 1.31 bits per heavy atom. The number of anilines is 1. The molecular weight excluding hydrogens is 328 g/mol. The maximum absolute atomic E-state index is 12.7. The number of amides is 1. The summed E-state index contributed by atoms with van der Waals surface area (Å²) in [6.45, 7) is 2.78. The third-order valence-corrected chi connectivity index (χ3v) is 5.63. The molecule has 0 bridgehead atoms. The summed E-state index contributed by atoms with van der Waals surface area (Å²) in [5, 5.41) is 5.28. The fourth-order valence-electron chi connectivity index (χ4n) is 4.41. The van der Waals surface area contributed by atoms with Crippen LogP contribution in [-0.2, 0) is 14.3 Å². The van der Waals surface area contributed by atoms with Crippen LogP contribution in [0.5, 0.6) is 0 Å². The van der Waals surface area contributed by atoms with Crippen molar-refractivity contribution in [1.29, 1.82) is 0 Å². The number of likely N-dealkylation sites (tertiary alicyclic amines) is 1. The number of methoxy groups -OCH3 is 1. The maximum Gasteiger partial charge on any atom is 0.238 e. The summed E-state index contributed by atoms with van der Waals surface area (Å²) < 4.78 is 11.7. The molecule has 2 aliphatic heterocycles. The minimum Gasteiger partial charge on any atom is -0.378 e. The number of hydrogen-bond donors (Lipinski definition) is 1. The van der Waals surface area contributed by atoms with E-state index in [-0.39, 0.29) is 17.6 Å². The van der Waals surface area contributed by atoms with Crippen LogP contribution in [0.25, 0.3) is 10.8 Å². The number of nitrogens with one attached hydrogen (secondary N) is 1. The van der Waals surface area contributed by atoms with Crippen LogP contribution in [0.2, 0.25) is 0 Å². The average Bonchev–Trinajstić information content (AvgIpc) is 3.11. The Kier molecular flexibility index (Phi) is 4.94. The van der Waals surface area contributed by atoms with Gasteiger partial charge in [-0.2, -0.15) is 0 Å². The van der Waals surface area contributed by atoms with E-state index >= 15 is 0 Å². The van der Waals surface area contributed by atoms with Crippen molar-refractivity contribution >= 4 is 22.4 Å². The van der Waals surface area contributed by atoms with Crippen molar-refractivity contribution in [2.24, 2.45) is 0 Å². The SMILES string of the molecule is COC1CCN(CC(=O)Nc2cccc3ccccc23)CC12CCCO2. The zero-order valence-corrected chi connectivity index (χ0v) is 15.2. The maximum atomic E-state index is 12.7. The number of ether oxygens (including phenoxy) is 2. The van der Waals surface area contributed by atoms with Crippen molar-refractivity contribution in [2.45, 2.75) is 31.0 Å². The highest BCUT2D eigenvalue weighted by Crippen LogP contribution is 2.36. The van der Waals surface area contributed by atoms with Crippen LogP contribution in [0.3, 0.4) is 0 Å². The number of carbonyl (C=O) groups is 1. The van der Waals surface area contributed by atoms with E-state index in [2.05, 4.69) is 22.3 Å². The zero-order valence-electron chi connectivity index (χ0n) is 15.2. The number of carbonyl (C=O) groups excluding carboxylic acids is 1. The molecule has 0 saturated carbocycles. The fourth-order valence-corrected chi connectivity index (χ4v) is 4.41. The van der Waals surface area contributed by atoms with Crippen molar-refractivity contribution in [1.82, 2.24) is 4.90 Å². The largest absolute Gasteiger partial charge is 0.378 e. The van der Waals surface area contributed by atoms with Gasteiger partial charge in [-0.05, 0) is 30.7 Å². The van der Waals surface area contributed by atoms with E-state index in [1.54, 1.807) is 7.11 Å². The summed E-state index contributed by atoms with van der Waals surface area (Å²) in [7, 11) is 1.76. The normalized spacial score (nSPS) is 26.4. The van der Waals surface area contributed by atoms with Gasteiger partial charge in [0.1, 0.15) is 5.60 Å². The second-order valence-electron chi connectivity index (χ2n) is 7.32. The van der Waals surface area contributed by atoms with E-state index in [0.717, 1.165) is 55.4 Å². The first-order valence-corrected chi connectivity index (χ1v) is 9.37. The van der Waals surface area contributed by atoms with E-state index in [0.29, 0.717) is 6.54 Å². The van der Waals surface area contributed by atoms with Gasteiger partial charge in [-0.15, -0.1) is 0 Å². The van der Waals surface area contributed by atoms with Gasteiger partial charge in [0, 0.05) is 37.9 Å². The van der Waals surface area contributed by atoms with E-state index in [1.165, 1.54) is 0 Å². The second kappa shape index (κ2) is 7.35. The third kappa shape index (κ3) is 3.34. The summed E-state index contributed by atoms with van der Waals surface area (Å²) in [6.07, 6.45) is 3.10. The Hall–Kier alpha value is -1.95. The molecule has 26 heavy (non-hydrogen) atoms. The van der Waals surface area contributed by atoms with Crippen molar-refractivity contribution < 1.29 is 14.3 Å². The van der Waals surface area contributed by atoms with Gasteiger partial charge in [-0.25, -0.2) is 0 Å². The molecule has 1 spiro atoms. The predicted molar refractivity (Wildman–Crippen MR) is 102 cm³/mol. The lowest BCUT2D eigenvalue weighted by Gasteiger charge is -2.44. The topological polar surface area (TPSA) is 50.8 Å². The van der Waals surface area contributed by atoms with Crippen LogP contribution in [0.4, 0.5) is 5.69 Å². The zero-order chi connectivity index (χ0) is 18.0. The highest BCUT2D eigenvalue weighted by molar-refractivity contribution is 6.02. The molecule has 2 aromatic rings. The highest BCUT2D eigenvalue weighted by Gasteiger charge is 2.47. The molecule has 138 valence electrons. The lowest BCUT2D eigenvalue weighted by atomic mass is 9.87. The van der Waals surface area contributed by atoms with Crippen molar-refractivity contribution in [3.63, 3.8) is 0 Å². The van der Waals surface area contributed by atoms with Crippen LogP contribution in [-0.4, -0.2) is 55.9 Å². The van der Waals surface area contributed by atoms with Crippen LogP contribution >= 0.6 is 0 Å². The van der Waals surface area contributed by atoms with Crippen LogP contribution < -0.4 is 5.32 Å². The summed E-state index contributed by atoms with van der Waals surface area (Å²) in [5.41, 5.74) is 0.624. The molecule has 1 N–H and O–H groups in total. The first kappa shape index (κ1) is 17.5. The van der Waals surface area contributed by atoms with E-state index in [9.17, 15) is 4.79 Å². The molecule has 0 aromatic heterocycles. The number of benzene rings is 2.